The Bertz CT molecular complexity index is 160. The maximum atomic E-state index is 9.34. The van der Waals surface area contributed by atoms with Crippen LogP contribution in [0.2, 0.25) is 0 Å². The molecule has 0 aromatic carbocycles. The fourth-order valence-electron chi connectivity index (χ4n) is 1.35. The van der Waals surface area contributed by atoms with E-state index in [0.717, 1.165) is 6.42 Å². The number of nitrogens with zero attached hydrogens (tertiary/aromatic N) is 1. The lowest BCUT2D eigenvalue weighted by atomic mass is 9.97. The van der Waals surface area contributed by atoms with Crippen LogP contribution in [0.5, 0.6) is 0 Å². The highest BCUT2D eigenvalue weighted by Gasteiger charge is 2.24. The summed E-state index contributed by atoms with van der Waals surface area (Å²) < 4.78 is 0. The fourth-order valence-corrected chi connectivity index (χ4v) is 1.35. The molecule has 0 saturated carbocycles. The first-order chi connectivity index (χ1) is 5.11. The number of guanidine groups is 1. The summed E-state index contributed by atoms with van der Waals surface area (Å²) in [7, 11) is 0. The molecule has 0 spiro atoms. The molecule has 11 heavy (non-hydrogen) atoms. The maximum absolute atomic E-state index is 9.34. The number of hydrogen-bond acceptors (Lipinski definition) is 2. The molecule has 0 unspecified atom stereocenters. The molecular weight excluding hydrogens is 142 g/mol. The van der Waals surface area contributed by atoms with Crippen molar-refractivity contribution in [2.24, 2.45) is 11.7 Å². The summed E-state index contributed by atoms with van der Waals surface area (Å²) >= 11 is 0. The van der Waals surface area contributed by atoms with Gasteiger partial charge in [0.05, 0.1) is 6.10 Å². The van der Waals surface area contributed by atoms with E-state index in [1.165, 1.54) is 0 Å². The molecule has 0 aromatic heterocycles. The number of aliphatic hydroxyl groups is 1. The van der Waals surface area contributed by atoms with Crippen molar-refractivity contribution in [3.05, 3.63) is 0 Å². The molecule has 1 saturated heterocycles. The van der Waals surface area contributed by atoms with Crippen LogP contribution >= 0.6 is 0 Å². The third-order valence-electron chi connectivity index (χ3n) is 2.20. The topological polar surface area (TPSA) is 73.3 Å². The third-order valence-corrected chi connectivity index (χ3v) is 2.20. The predicted octanol–water partition coefficient (Wildman–Crippen LogP) is -0.417. The fraction of sp³-hybridized carbons (Fsp3) is 0.857. The molecule has 1 heterocycles. The lowest BCUT2D eigenvalue weighted by Crippen LogP contribution is -2.47. The lowest BCUT2D eigenvalue weighted by Gasteiger charge is -2.34. The van der Waals surface area contributed by atoms with Crippen LogP contribution in [-0.4, -0.2) is 35.2 Å². The van der Waals surface area contributed by atoms with Gasteiger partial charge in [-0.05, 0) is 12.3 Å². The number of nitrogens with one attached hydrogen (secondary N) is 1. The van der Waals surface area contributed by atoms with Gasteiger partial charge in [-0.15, -0.1) is 0 Å². The highest BCUT2D eigenvalue weighted by molar-refractivity contribution is 5.74. The van der Waals surface area contributed by atoms with Crippen LogP contribution in [0.1, 0.15) is 13.3 Å². The largest absolute Gasteiger partial charge is 0.393 e. The van der Waals surface area contributed by atoms with Crippen LogP contribution in [0.4, 0.5) is 0 Å². The normalized spacial score (nSPS) is 32.0. The van der Waals surface area contributed by atoms with Crippen molar-refractivity contribution in [2.45, 2.75) is 19.4 Å². The van der Waals surface area contributed by atoms with E-state index in [2.05, 4.69) is 0 Å². The van der Waals surface area contributed by atoms with Crippen LogP contribution in [0.15, 0.2) is 0 Å². The van der Waals surface area contributed by atoms with Gasteiger partial charge in [-0.3, -0.25) is 5.41 Å². The van der Waals surface area contributed by atoms with Gasteiger partial charge >= 0.3 is 0 Å². The van der Waals surface area contributed by atoms with Gasteiger partial charge in [-0.1, -0.05) is 6.92 Å². The maximum Gasteiger partial charge on any atom is 0.188 e. The van der Waals surface area contributed by atoms with Gasteiger partial charge in [0.1, 0.15) is 0 Å². The molecule has 2 atom stereocenters. The zero-order valence-electron chi connectivity index (χ0n) is 6.75. The van der Waals surface area contributed by atoms with Gasteiger partial charge in [0.2, 0.25) is 0 Å². The van der Waals surface area contributed by atoms with E-state index in [0.29, 0.717) is 13.1 Å². The molecule has 0 amide bonds. The molecule has 0 aliphatic carbocycles. The average Bonchev–Trinajstić information content (AvgIpc) is 1.94. The minimum atomic E-state index is -0.217. The van der Waals surface area contributed by atoms with Crippen molar-refractivity contribution >= 4 is 5.96 Å². The van der Waals surface area contributed by atoms with Crippen LogP contribution in [0.3, 0.4) is 0 Å². The Morgan fingerprint density at radius 2 is 2.36 bits per heavy atom. The van der Waals surface area contributed by atoms with E-state index in [-0.39, 0.29) is 18.0 Å². The van der Waals surface area contributed by atoms with Crippen molar-refractivity contribution in [3.8, 4) is 0 Å². The van der Waals surface area contributed by atoms with E-state index in [1.807, 2.05) is 6.92 Å². The molecule has 4 N–H and O–H groups in total. The Kier molecular flexibility index (Phi) is 2.34. The number of piperidine rings is 1. The van der Waals surface area contributed by atoms with Crippen molar-refractivity contribution in [1.29, 1.82) is 5.41 Å². The van der Waals surface area contributed by atoms with Gasteiger partial charge in [-0.25, -0.2) is 0 Å². The molecule has 0 radical (unpaired) electrons. The van der Waals surface area contributed by atoms with Gasteiger partial charge < -0.3 is 15.7 Å². The SMILES string of the molecule is C[C@H]1CN(C(=N)N)CC[C@H]1O. The molecule has 1 rings (SSSR count). The highest BCUT2D eigenvalue weighted by atomic mass is 16.3. The van der Waals surface area contributed by atoms with Crippen LogP contribution in [-0.2, 0) is 0 Å². The third kappa shape index (κ3) is 1.83. The van der Waals surface area contributed by atoms with E-state index >= 15 is 0 Å². The molecule has 1 aliphatic rings. The smallest absolute Gasteiger partial charge is 0.188 e. The minimum Gasteiger partial charge on any atom is -0.393 e. The molecule has 64 valence electrons. The van der Waals surface area contributed by atoms with E-state index < -0.39 is 0 Å². The zero-order valence-corrected chi connectivity index (χ0v) is 6.75. The number of aliphatic hydroxyl groups excluding tert-OH is 1. The number of rotatable bonds is 0. The Balaban J connectivity index is 2.46. The summed E-state index contributed by atoms with van der Waals surface area (Å²) in [5.41, 5.74) is 5.30. The Labute approximate surface area is 66.5 Å². The second-order valence-electron chi connectivity index (χ2n) is 3.16. The molecule has 0 bridgehead atoms. The van der Waals surface area contributed by atoms with Crippen LogP contribution in [0.25, 0.3) is 0 Å². The average molecular weight is 157 g/mol. The Morgan fingerprint density at radius 3 is 2.82 bits per heavy atom. The second-order valence-corrected chi connectivity index (χ2v) is 3.16. The monoisotopic (exact) mass is 157 g/mol. The Morgan fingerprint density at radius 1 is 1.73 bits per heavy atom. The predicted molar refractivity (Wildman–Crippen MR) is 43.3 cm³/mol. The number of hydrogen-bond donors (Lipinski definition) is 3. The summed E-state index contributed by atoms with van der Waals surface area (Å²) in [5, 5.41) is 16.5. The summed E-state index contributed by atoms with van der Waals surface area (Å²) in [6, 6.07) is 0. The summed E-state index contributed by atoms with van der Waals surface area (Å²) in [5.74, 6) is 0.344. The highest BCUT2D eigenvalue weighted by Crippen LogP contribution is 2.15. The summed E-state index contributed by atoms with van der Waals surface area (Å²) in [4.78, 5) is 1.79. The zero-order chi connectivity index (χ0) is 8.43. The van der Waals surface area contributed by atoms with Gasteiger partial charge in [0.25, 0.3) is 0 Å². The van der Waals surface area contributed by atoms with Crippen molar-refractivity contribution in [3.63, 3.8) is 0 Å². The number of likely N-dealkylation sites (tertiary alicyclic amines) is 1. The van der Waals surface area contributed by atoms with Crippen LogP contribution < -0.4 is 5.73 Å². The van der Waals surface area contributed by atoms with Crippen LogP contribution in [0, 0.1) is 11.3 Å². The molecule has 1 fully saturated rings. The van der Waals surface area contributed by atoms with Gasteiger partial charge in [-0.2, -0.15) is 0 Å². The van der Waals surface area contributed by atoms with E-state index in [9.17, 15) is 5.11 Å². The van der Waals surface area contributed by atoms with Crippen molar-refractivity contribution < 1.29 is 5.11 Å². The number of nitrogens with two attached hydrogens (primary N) is 1. The molecule has 1 aliphatic heterocycles. The summed E-state index contributed by atoms with van der Waals surface area (Å²) in [6.45, 7) is 3.39. The first-order valence-electron chi connectivity index (χ1n) is 3.88. The van der Waals surface area contributed by atoms with E-state index in [1.54, 1.807) is 4.90 Å². The second kappa shape index (κ2) is 3.09. The van der Waals surface area contributed by atoms with Crippen molar-refractivity contribution in [2.75, 3.05) is 13.1 Å². The van der Waals surface area contributed by atoms with Crippen molar-refractivity contribution in [1.82, 2.24) is 4.90 Å². The minimum absolute atomic E-state index is 0.115. The molecular formula is C7H15N3O. The molecule has 4 heteroatoms. The summed E-state index contributed by atoms with van der Waals surface area (Å²) in [6.07, 6.45) is 0.506. The first kappa shape index (κ1) is 8.33. The quantitative estimate of drug-likeness (QED) is 0.330. The molecule has 4 nitrogen and oxygen atoms in total. The van der Waals surface area contributed by atoms with Gasteiger partial charge in [0, 0.05) is 13.1 Å². The lowest BCUT2D eigenvalue weighted by molar-refractivity contribution is 0.0584. The first-order valence-corrected chi connectivity index (χ1v) is 3.88. The molecule has 0 aromatic rings. The van der Waals surface area contributed by atoms with Gasteiger partial charge in [0.15, 0.2) is 5.96 Å². The standard InChI is InChI=1S/C7H15N3O/c1-5-4-10(7(8)9)3-2-6(5)11/h5-6,11H,2-4H2,1H3,(H3,8,9)/t5-,6+/m0/s1. The van der Waals surface area contributed by atoms with E-state index in [4.69, 9.17) is 11.1 Å². The Hall–Kier alpha value is -0.770.